The molecule has 106 valence electrons. The van der Waals surface area contributed by atoms with E-state index >= 15 is 0 Å². The average Bonchev–Trinajstić information content (AvgIpc) is 2.39. The van der Waals surface area contributed by atoms with Gasteiger partial charge in [-0.15, -0.1) is 12.4 Å². The van der Waals surface area contributed by atoms with Gasteiger partial charge in [-0.3, -0.25) is 0 Å². The van der Waals surface area contributed by atoms with Crippen molar-refractivity contribution < 1.29 is 4.79 Å². The molecule has 0 aromatic rings. The Balaban J connectivity index is 0.00000162. The lowest BCUT2D eigenvalue weighted by Gasteiger charge is -2.38. The number of nitrogens with zero attached hydrogens (tertiary/aromatic N) is 2. The van der Waals surface area contributed by atoms with Crippen molar-refractivity contribution in [3.8, 4) is 0 Å². The van der Waals surface area contributed by atoms with E-state index in [9.17, 15) is 4.79 Å². The van der Waals surface area contributed by atoms with Gasteiger partial charge in [0.2, 0.25) is 0 Å². The van der Waals surface area contributed by atoms with Crippen LogP contribution in [0.4, 0.5) is 4.79 Å². The van der Waals surface area contributed by atoms with Crippen LogP contribution in [0.3, 0.4) is 0 Å². The van der Waals surface area contributed by atoms with Gasteiger partial charge in [0, 0.05) is 32.2 Å². The number of hydrogen-bond donors (Lipinski definition) is 1. The summed E-state index contributed by atoms with van der Waals surface area (Å²) in [6.45, 7) is 5.98. The van der Waals surface area contributed by atoms with E-state index in [1.54, 1.807) is 0 Å². The summed E-state index contributed by atoms with van der Waals surface area (Å²) in [5.74, 6) is 0.783. The lowest BCUT2D eigenvalue weighted by Crippen LogP contribution is -2.52. The Morgan fingerprint density at radius 3 is 2.39 bits per heavy atom. The normalized spacial score (nSPS) is 25.8. The molecule has 0 aromatic carbocycles. The van der Waals surface area contributed by atoms with Gasteiger partial charge in [0.05, 0.1) is 0 Å². The number of amides is 2. The van der Waals surface area contributed by atoms with Crippen molar-refractivity contribution in [2.45, 2.75) is 38.6 Å². The fourth-order valence-corrected chi connectivity index (χ4v) is 2.79. The van der Waals surface area contributed by atoms with Gasteiger partial charge in [-0.1, -0.05) is 6.92 Å². The Labute approximate surface area is 116 Å². The SMILES string of the molecule is CNC1CCCN(C(=O)N2CCC(C)CC2)C1.Cl. The van der Waals surface area contributed by atoms with E-state index in [1.807, 2.05) is 16.8 Å². The summed E-state index contributed by atoms with van der Waals surface area (Å²) < 4.78 is 0. The molecule has 0 bridgehead atoms. The maximum atomic E-state index is 12.3. The van der Waals surface area contributed by atoms with Crippen molar-refractivity contribution in [3.63, 3.8) is 0 Å². The lowest BCUT2D eigenvalue weighted by atomic mass is 9.99. The van der Waals surface area contributed by atoms with E-state index in [1.165, 1.54) is 6.42 Å². The molecule has 2 saturated heterocycles. The largest absolute Gasteiger partial charge is 0.325 e. The third-order valence-electron chi connectivity index (χ3n) is 4.15. The molecule has 0 radical (unpaired) electrons. The summed E-state index contributed by atoms with van der Waals surface area (Å²) in [5, 5.41) is 3.29. The van der Waals surface area contributed by atoms with Crippen molar-refractivity contribution in [2.75, 3.05) is 33.2 Å². The van der Waals surface area contributed by atoms with Crippen LogP contribution in [0.5, 0.6) is 0 Å². The van der Waals surface area contributed by atoms with Crippen LogP contribution in [0.1, 0.15) is 32.6 Å². The van der Waals surface area contributed by atoms with Crippen molar-refractivity contribution in [2.24, 2.45) is 5.92 Å². The first-order chi connectivity index (χ1) is 8.20. The molecule has 18 heavy (non-hydrogen) atoms. The van der Waals surface area contributed by atoms with E-state index in [-0.39, 0.29) is 18.4 Å². The van der Waals surface area contributed by atoms with E-state index in [0.29, 0.717) is 6.04 Å². The van der Waals surface area contributed by atoms with Crippen LogP contribution in [-0.2, 0) is 0 Å². The minimum Gasteiger partial charge on any atom is -0.325 e. The van der Waals surface area contributed by atoms with E-state index in [0.717, 1.165) is 51.4 Å². The van der Waals surface area contributed by atoms with Crippen molar-refractivity contribution in [1.82, 2.24) is 15.1 Å². The molecule has 0 aliphatic carbocycles. The molecular weight excluding hydrogens is 250 g/mol. The number of nitrogens with one attached hydrogen (secondary N) is 1. The van der Waals surface area contributed by atoms with Crippen LogP contribution >= 0.6 is 12.4 Å². The number of carbonyl (C=O) groups is 1. The number of carbonyl (C=O) groups excluding carboxylic acids is 1. The van der Waals surface area contributed by atoms with Gasteiger partial charge in [-0.05, 0) is 38.6 Å². The topological polar surface area (TPSA) is 35.6 Å². The zero-order valence-corrected chi connectivity index (χ0v) is 12.3. The predicted octanol–water partition coefficient (Wildman–Crippen LogP) is 1.94. The zero-order valence-electron chi connectivity index (χ0n) is 11.5. The molecule has 2 heterocycles. The zero-order chi connectivity index (χ0) is 12.3. The van der Waals surface area contributed by atoms with Crippen molar-refractivity contribution in [3.05, 3.63) is 0 Å². The Bertz CT molecular complexity index is 267. The maximum absolute atomic E-state index is 12.3. The minimum atomic E-state index is 0. The van der Waals surface area contributed by atoms with Gasteiger partial charge in [0.25, 0.3) is 0 Å². The second kappa shape index (κ2) is 7.19. The number of likely N-dealkylation sites (tertiary alicyclic amines) is 2. The van der Waals surface area contributed by atoms with Gasteiger partial charge in [0.15, 0.2) is 0 Å². The monoisotopic (exact) mass is 275 g/mol. The smallest absolute Gasteiger partial charge is 0.320 e. The van der Waals surface area contributed by atoms with Crippen LogP contribution in [0, 0.1) is 5.92 Å². The third kappa shape index (κ3) is 3.75. The van der Waals surface area contributed by atoms with Crippen molar-refractivity contribution in [1.29, 1.82) is 0 Å². The Morgan fingerprint density at radius 2 is 1.78 bits per heavy atom. The molecule has 0 aromatic heterocycles. The standard InChI is InChI=1S/C13H25N3O.ClH/c1-11-5-8-15(9-6-11)13(17)16-7-3-4-12(10-16)14-2;/h11-12,14H,3-10H2,1-2H3;1H. The molecule has 2 amide bonds. The quantitative estimate of drug-likeness (QED) is 0.794. The molecule has 1 unspecified atom stereocenters. The Morgan fingerprint density at radius 1 is 1.11 bits per heavy atom. The molecule has 2 aliphatic heterocycles. The van der Waals surface area contributed by atoms with Gasteiger partial charge >= 0.3 is 6.03 Å². The molecule has 2 aliphatic rings. The first-order valence-electron chi connectivity index (χ1n) is 6.92. The van der Waals surface area contributed by atoms with Crippen LogP contribution in [0.15, 0.2) is 0 Å². The van der Waals surface area contributed by atoms with Gasteiger partial charge < -0.3 is 15.1 Å². The lowest BCUT2D eigenvalue weighted by molar-refractivity contribution is 0.120. The molecule has 1 atom stereocenters. The molecule has 4 nitrogen and oxygen atoms in total. The summed E-state index contributed by atoms with van der Waals surface area (Å²) in [5.41, 5.74) is 0. The van der Waals surface area contributed by atoms with E-state index < -0.39 is 0 Å². The van der Waals surface area contributed by atoms with Crippen LogP contribution in [0.2, 0.25) is 0 Å². The molecule has 0 saturated carbocycles. The van der Waals surface area contributed by atoms with E-state index in [2.05, 4.69) is 12.2 Å². The number of rotatable bonds is 1. The number of piperidine rings is 2. The fourth-order valence-electron chi connectivity index (χ4n) is 2.79. The first kappa shape index (κ1) is 15.6. The third-order valence-corrected chi connectivity index (χ3v) is 4.15. The number of likely N-dealkylation sites (N-methyl/N-ethyl adjacent to an activating group) is 1. The maximum Gasteiger partial charge on any atom is 0.320 e. The number of halogens is 1. The summed E-state index contributed by atoms with van der Waals surface area (Å²) in [6.07, 6.45) is 4.64. The molecule has 5 heteroatoms. The van der Waals surface area contributed by atoms with Gasteiger partial charge in [-0.25, -0.2) is 4.79 Å². The van der Waals surface area contributed by atoms with Crippen LogP contribution in [0.25, 0.3) is 0 Å². The Hall–Kier alpha value is -0.480. The van der Waals surface area contributed by atoms with Crippen LogP contribution in [-0.4, -0.2) is 55.1 Å². The highest BCUT2D eigenvalue weighted by molar-refractivity contribution is 5.85. The van der Waals surface area contributed by atoms with E-state index in [4.69, 9.17) is 0 Å². The summed E-state index contributed by atoms with van der Waals surface area (Å²) >= 11 is 0. The number of urea groups is 1. The number of hydrogen-bond acceptors (Lipinski definition) is 2. The van der Waals surface area contributed by atoms with Crippen molar-refractivity contribution >= 4 is 18.4 Å². The summed E-state index contributed by atoms with van der Waals surface area (Å²) in [4.78, 5) is 16.4. The van der Waals surface area contributed by atoms with Gasteiger partial charge in [-0.2, -0.15) is 0 Å². The average molecular weight is 276 g/mol. The predicted molar refractivity (Wildman–Crippen MR) is 76.3 cm³/mol. The molecular formula is C13H26ClN3O. The van der Waals surface area contributed by atoms with Gasteiger partial charge in [0.1, 0.15) is 0 Å². The molecule has 0 spiro atoms. The minimum absolute atomic E-state index is 0. The van der Waals surface area contributed by atoms with Crippen LogP contribution < -0.4 is 5.32 Å². The fraction of sp³-hybridized carbons (Fsp3) is 0.923. The highest BCUT2D eigenvalue weighted by Crippen LogP contribution is 2.19. The first-order valence-corrected chi connectivity index (χ1v) is 6.92. The second-order valence-electron chi connectivity index (χ2n) is 5.53. The molecule has 2 rings (SSSR count). The molecule has 2 fully saturated rings. The Kier molecular flexibility index (Phi) is 6.22. The summed E-state index contributed by atoms with van der Waals surface area (Å²) in [7, 11) is 1.99. The highest BCUT2D eigenvalue weighted by Gasteiger charge is 2.28. The summed E-state index contributed by atoms with van der Waals surface area (Å²) in [6, 6.07) is 0.744. The molecule has 1 N–H and O–H groups in total. The second-order valence-corrected chi connectivity index (χ2v) is 5.53. The highest BCUT2D eigenvalue weighted by atomic mass is 35.5.